The Labute approximate surface area is 282 Å². The molecule has 2 N–H and O–H groups in total. The molecule has 0 bridgehead atoms. The molecule has 0 spiro atoms. The van der Waals surface area contributed by atoms with E-state index in [4.69, 9.17) is 9.47 Å². The summed E-state index contributed by atoms with van der Waals surface area (Å²) in [6.07, 6.45) is 7.64. The molecule has 5 rings (SSSR count). The summed E-state index contributed by atoms with van der Waals surface area (Å²) < 4.78 is 26.3. The number of hydrogen-bond donors (Lipinski definition) is 2. The number of rotatable bonds is 8. The summed E-state index contributed by atoms with van der Waals surface area (Å²) in [5.41, 5.74) is 3.55. The first-order valence-electron chi connectivity index (χ1n) is 17.5. The van der Waals surface area contributed by atoms with Gasteiger partial charge < -0.3 is 29.6 Å². The average molecular weight is 667 g/mol. The van der Waals surface area contributed by atoms with Crippen LogP contribution in [0.3, 0.4) is 0 Å². The molecule has 2 aliphatic carbocycles. The lowest BCUT2D eigenvalue weighted by atomic mass is 9.78. The first-order valence-corrected chi connectivity index (χ1v) is 17.5. The van der Waals surface area contributed by atoms with Crippen LogP contribution in [0.15, 0.2) is 35.4 Å². The molecule has 2 saturated carbocycles. The molecule has 2 aromatic rings. The molecule has 3 amide bonds. The standard InChI is InChI=1S/C37H51FN4O6/c1-6-47-35(45)31-21-26-20-27(16-17-30(26)41(31)5)39-33(43)32-28(23-10-8-7-9-11-23)18-19-42(32)34(44)25-14-12-24(13-15-25)29(22-38)40-36(46)48-37(2,3)4/h16-17,20-21,24-25,29,32H,6-15,18-19,22H2,1-5H3,(H,39,43)(H,40,46)/t24?,25?,29?,32-/m0/s1. The zero-order chi connectivity index (χ0) is 34.6. The van der Waals surface area contributed by atoms with Gasteiger partial charge in [-0.25, -0.2) is 14.0 Å². The molecule has 262 valence electrons. The van der Waals surface area contributed by atoms with E-state index < -0.39 is 36.4 Å². The number of anilines is 1. The Balaban J connectivity index is 1.30. The van der Waals surface area contributed by atoms with Gasteiger partial charge in [-0.15, -0.1) is 0 Å². The van der Waals surface area contributed by atoms with E-state index in [1.807, 2.05) is 18.2 Å². The number of alkyl carbamates (subject to hydrolysis) is 1. The molecule has 10 nitrogen and oxygen atoms in total. The van der Waals surface area contributed by atoms with Crippen molar-refractivity contribution in [3.8, 4) is 0 Å². The predicted molar refractivity (Wildman–Crippen MR) is 182 cm³/mol. The molecule has 1 aromatic heterocycles. The Bertz CT molecular complexity index is 1540. The Morgan fingerprint density at radius 3 is 2.35 bits per heavy atom. The van der Waals surface area contributed by atoms with E-state index in [0.29, 0.717) is 50.0 Å². The first kappa shape index (κ1) is 35.4. The Morgan fingerprint density at radius 1 is 1.00 bits per heavy atom. The number of amides is 3. The maximum atomic E-state index is 14.1. The van der Waals surface area contributed by atoms with Gasteiger partial charge in [-0.2, -0.15) is 0 Å². The maximum absolute atomic E-state index is 14.1. The van der Waals surface area contributed by atoms with Crippen LogP contribution in [0.25, 0.3) is 10.9 Å². The van der Waals surface area contributed by atoms with Gasteiger partial charge in [-0.3, -0.25) is 9.59 Å². The summed E-state index contributed by atoms with van der Waals surface area (Å²) in [6.45, 7) is 7.12. The highest BCUT2D eigenvalue weighted by Crippen LogP contribution is 2.38. The Kier molecular flexibility index (Phi) is 11.2. The number of likely N-dealkylation sites (tertiary alicyclic amines) is 1. The van der Waals surface area contributed by atoms with Gasteiger partial charge in [-0.1, -0.05) is 12.0 Å². The number of alkyl halides is 1. The van der Waals surface area contributed by atoms with Crippen molar-refractivity contribution in [1.82, 2.24) is 14.8 Å². The lowest BCUT2D eigenvalue weighted by molar-refractivity contribution is -0.140. The molecule has 3 fully saturated rings. The van der Waals surface area contributed by atoms with Crippen LogP contribution in [0, 0.1) is 11.8 Å². The molecular weight excluding hydrogens is 615 g/mol. The molecule has 2 atom stereocenters. The molecule has 3 aliphatic rings. The summed E-state index contributed by atoms with van der Waals surface area (Å²) in [5, 5.41) is 6.58. The minimum atomic E-state index is -0.702. The number of allylic oxidation sites excluding steroid dienone is 1. The predicted octanol–water partition coefficient (Wildman–Crippen LogP) is 6.82. The van der Waals surface area contributed by atoms with Crippen LogP contribution in [-0.2, 0) is 26.1 Å². The third-order valence-corrected chi connectivity index (χ3v) is 10.1. The van der Waals surface area contributed by atoms with E-state index in [-0.39, 0.29) is 30.3 Å². The van der Waals surface area contributed by atoms with E-state index in [1.165, 1.54) is 12.0 Å². The van der Waals surface area contributed by atoms with Crippen LogP contribution >= 0.6 is 0 Å². The van der Waals surface area contributed by atoms with Crippen LogP contribution in [0.1, 0.15) is 102 Å². The molecule has 1 saturated heterocycles. The second-order valence-corrected chi connectivity index (χ2v) is 14.5. The number of fused-ring (bicyclic) bond motifs is 1. The monoisotopic (exact) mass is 666 g/mol. The summed E-state index contributed by atoms with van der Waals surface area (Å²) in [4.78, 5) is 54.8. The SMILES string of the molecule is CCOC(=O)c1cc2cc(NC(=O)[C@@H]3C(=C4CCCCC4)CCN3C(=O)C3CCC(C(CF)NC(=O)OC(C)(C)C)CC3)ccc2n1C. The molecule has 2 heterocycles. The maximum Gasteiger partial charge on any atom is 0.407 e. The van der Waals surface area contributed by atoms with Crippen molar-refractivity contribution < 1.29 is 33.0 Å². The molecule has 1 aliphatic heterocycles. The molecular formula is C37H51FN4O6. The summed E-state index contributed by atoms with van der Waals surface area (Å²) in [5.74, 6) is -1.03. The zero-order valence-electron chi connectivity index (χ0n) is 29.0. The Morgan fingerprint density at radius 2 is 1.71 bits per heavy atom. The number of nitrogens with zero attached hydrogens (tertiary/aromatic N) is 2. The Hall–Kier alpha value is -3.89. The van der Waals surface area contributed by atoms with Gasteiger partial charge in [0.15, 0.2) is 0 Å². The van der Waals surface area contributed by atoms with Gasteiger partial charge >= 0.3 is 12.1 Å². The molecule has 11 heteroatoms. The third kappa shape index (κ3) is 8.04. The van der Waals surface area contributed by atoms with Crippen molar-refractivity contribution in [3.05, 3.63) is 41.1 Å². The molecule has 1 aromatic carbocycles. The summed E-state index contributed by atoms with van der Waals surface area (Å²) in [7, 11) is 1.81. The lowest BCUT2D eigenvalue weighted by Crippen LogP contribution is -2.48. The van der Waals surface area contributed by atoms with Crippen LogP contribution < -0.4 is 10.6 Å². The van der Waals surface area contributed by atoms with E-state index in [9.17, 15) is 23.6 Å². The smallest absolute Gasteiger partial charge is 0.407 e. The lowest BCUT2D eigenvalue weighted by Gasteiger charge is -2.35. The molecule has 1 unspecified atom stereocenters. The highest BCUT2D eigenvalue weighted by Gasteiger charge is 2.43. The minimum Gasteiger partial charge on any atom is -0.461 e. The van der Waals surface area contributed by atoms with Crippen molar-refractivity contribution in [2.75, 3.05) is 25.1 Å². The van der Waals surface area contributed by atoms with Crippen molar-refractivity contribution in [1.29, 1.82) is 0 Å². The van der Waals surface area contributed by atoms with Gasteiger partial charge in [0, 0.05) is 36.1 Å². The van der Waals surface area contributed by atoms with Crippen molar-refractivity contribution in [2.24, 2.45) is 18.9 Å². The van der Waals surface area contributed by atoms with Crippen LogP contribution in [-0.4, -0.2) is 70.9 Å². The number of halogens is 1. The van der Waals surface area contributed by atoms with E-state index in [1.54, 1.807) is 50.3 Å². The fourth-order valence-corrected chi connectivity index (χ4v) is 7.68. The third-order valence-electron chi connectivity index (χ3n) is 10.1. The number of aryl methyl sites for hydroxylation is 1. The van der Waals surface area contributed by atoms with Crippen molar-refractivity contribution >= 4 is 40.5 Å². The van der Waals surface area contributed by atoms with E-state index >= 15 is 0 Å². The highest BCUT2D eigenvalue weighted by molar-refractivity contribution is 6.02. The fraction of sp³-hybridized carbons (Fsp3) is 0.622. The number of benzene rings is 1. The van der Waals surface area contributed by atoms with Crippen LogP contribution in [0.4, 0.5) is 14.9 Å². The van der Waals surface area contributed by atoms with Gasteiger partial charge in [0.2, 0.25) is 5.91 Å². The normalized spacial score (nSPS) is 22.4. The topological polar surface area (TPSA) is 119 Å². The number of carbonyl (C=O) groups excluding carboxylic acids is 4. The number of nitrogens with one attached hydrogen (secondary N) is 2. The molecule has 48 heavy (non-hydrogen) atoms. The van der Waals surface area contributed by atoms with Gasteiger partial charge in [-0.05, 0) is 121 Å². The van der Waals surface area contributed by atoms with Gasteiger partial charge in [0.1, 0.15) is 24.0 Å². The van der Waals surface area contributed by atoms with Crippen LogP contribution in [0.5, 0.6) is 0 Å². The fourth-order valence-electron chi connectivity index (χ4n) is 7.68. The highest BCUT2D eigenvalue weighted by atomic mass is 19.1. The average Bonchev–Trinajstić information content (AvgIpc) is 3.65. The van der Waals surface area contributed by atoms with Crippen molar-refractivity contribution in [3.63, 3.8) is 0 Å². The summed E-state index contributed by atoms with van der Waals surface area (Å²) in [6, 6.07) is 5.94. The van der Waals surface area contributed by atoms with Crippen LogP contribution in [0.2, 0.25) is 0 Å². The first-order chi connectivity index (χ1) is 22.9. The second kappa shape index (κ2) is 15.1. The number of esters is 1. The minimum absolute atomic E-state index is 0.0329. The second-order valence-electron chi connectivity index (χ2n) is 14.5. The van der Waals surface area contributed by atoms with Gasteiger partial charge in [0.25, 0.3) is 5.91 Å². The number of ether oxygens (including phenoxy) is 2. The number of carbonyl (C=O) groups is 4. The summed E-state index contributed by atoms with van der Waals surface area (Å²) >= 11 is 0. The van der Waals surface area contributed by atoms with Crippen molar-refractivity contribution in [2.45, 2.75) is 110 Å². The largest absolute Gasteiger partial charge is 0.461 e. The number of aromatic nitrogens is 1. The molecule has 0 radical (unpaired) electrons. The zero-order valence-corrected chi connectivity index (χ0v) is 29.0. The quantitative estimate of drug-likeness (QED) is 0.236. The number of hydrogen-bond acceptors (Lipinski definition) is 6. The van der Waals surface area contributed by atoms with E-state index in [0.717, 1.165) is 42.2 Å². The van der Waals surface area contributed by atoms with E-state index in [2.05, 4.69) is 10.6 Å². The van der Waals surface area contributed by atoms with Gasteiger partial charge in [0.05, 0.1) is 12.6 Å².